The third-order valence-corrected chi connectivity index (χ3v) is 3.89. The maximum atomic E-state index is 12.3. The molecule has 0 atom stereocenters. The van der Waals surface area contributed by atoms with Crippen molar-refractivity contribution >= 4 is 19.4 Å². The van der Waals surface area contributed by atoms with E-state index in [-0.39, 0.29) is 5.75 Å². The number of phosphoric acid groups is 1. The van der Waals surface area contributed by atoms with E-state index in [4.69, 9.17) is 25.2 Å². The molecule has 0 saturated heterocycles. The Hall–Kier alpha value is -1.64. The lowest BCUT2D eigenvalue weighted by Crippen LogP contribution is -2.00. The van der Waals surface area contributed by atoms with Crippen LogP contribution in [0.3, 0.4) is 0 Å². The Morgan fingerprint density at radius 3 is 2.11 bits per heavy atom. The number of para-hydroxylation sites is 3. The van der Waals surface area contributed by atoms with Crippen LogP contribution in [0.1, 0.15) is 0 Å². The lowest BCUT2D eigenvalue weighted by Gasteiger charge is -2.11. The molecule has 1 aliphatic heterocycles. The fourth-order valence-corrected chi connectivity index (χ4v) is 3.06. The summed E-state index contributed by atoms with van der Waals surface area (Å²) in [5.41, 5.74) is 0. The van der Waals surface area contributed by atoms with E-state index in [2.05, 4.69) is 0 Å². The molecule has 2 aromatic carbocycles. The summed E-state index contributed by atoms with van der Waals surface area (Å²) in [5.74, 6) is 1.05. The normalized spacial score (nSPS) is 15.4. The fraction of sp³-hybridized carbons (Fsp3) is 0. The topological polar surface area (TPSA) is 44.8 Å². The molecule has 0 bridgehead atoms. The van der Waals surface area contributed by atoms with Crippen molar-refractivity contribution < 1.29 is 18.1 Å². The van der Waals surface area contributed by atoms with E-state index in [0.29, 0.717) is 16.5 Å². The van der Waals surface area contributed by atoms with Gasteiger partial charge in [-0.25, -0.2) is 0 Å². The highest BCUT2D eigenvalue weighted by atomic mass is 35.5. The van der Waals surface area contributed by atoms with E-state index in [1.54, 1.807) is 48.5 Å². The zero-order valence-electron chi connectivity index (χ0n) is 9.08. The van der Waals surface area contributed by atoms with Crippen LogP contribution in [-0.2, 0) is 4.57 Å². The van der Waals surface area contributed by atoms with Gasteiger partial charge in [-0.1, -0.05) is 35.9 Å². The maximum Gasteiger partial charge on any atom is 0.647 e. The second kappa shape index (κ2) is 4.23. The first-order valence-electron chi connectivity index (χ1n) is 5.19. The minimum Gasteiger partial charge on any atom is -0.384 e. The molecule has 4 nitrogen and oxygen atoms in total. The summed E-state index contributed by atoms with van der Waals surface area (Å²) in [6, 6.07) is 13.5. The number of hydrogen-bond donors (Lipinski definition) is 0. The summed E-state index contributed by atoms with van der Waals surface area (Å²) in [6.07, 6.45) is 0. The molecule has 18 heavy (non-hydrogen) atoms. The van der Waals surface area contributed by atoms with Crippen LogP contribution < -0.4 is 13.6 Å². The Balaban J connectivity index is 1.88. The summed E-state index contributed by atoms with van der Waals surface area (Å²) >= 11 is 5.92. The van der Waals surface area contributed by atoms with Gasteiger partial charge in [0.1, 0.15) is 0 Å². The lowest BCUT2D eigenvalue weighted by molar-refractivity contribution is 0.331. The lowest BCUT2D eigenvalue weighted by atomic mass is 10.3. The number of hydrogen-bond acceptors (Lipinski definition) is 4. The molecule has 0 aliphatic carbocycles. The van der Waals surface area contributed by atoms with Crippen LogP contribution in [0, 0.1) is 0 Å². The third kappa shape index (κ3) is 2.05. The molecular formula is C12H8ClO4P. The number of rotatable bonds is 2. The Kier molecular flexibility index (Phi) is 2.69. The van der Waals surface area contributed by atoms with Gasteiger partial charge in [0.25, 0.3) is 0 Å². The highest BCUT2D eigenvalue weighted by Gasteiger charge is 2.40. The molecule has 0 unspecified atom stereocenters. The summed E-state index contributed by atoms with van der Waals surface area (Å²) in [4.78, 5) is 0. The van der Waals surface area contributed by atoms with Crippen LogP contribution in [0.15, 0.2) is 48.5 Å². The van der Waals surface area contributed by atoms with E-state index < -0.39 is 7.82 Å². The largest absolute Gasteiger partial charge is 0.647 e. The van der Waals surface area contributed by atoms with Gasteiger partial charge in [-0.05, 0) is 24.3 Å². The van der Waals surface area contributed by atoms with E-state index in [9.17, 15) is 4.57 Å². The molecule has 92 valence electrons. The Bertz CT molecular complexity index is 614. The number of benzene rings is 2. The van der Waals surface area contributed by atoms with Crippen LogP contribution in [0.4, 0.5) is 0 Å². The van der Waals surface area contributed by atoms with Crippen molar-refractivity contribution in [3.05, 3.63) is 53.6 Å². The molecule has 1 aliphatic rings. The first-order valence-corrected chi connectivity index (χ1v) is 7.02. The Morgan fingerprint density at radius 2 is 1.50 bits per heavy atom. The highest BCUT2D eigenvalue weighted by molar-refractivity contribution is 7.50. The Morgan fingerprint density at radius 1 is 0.944 bits per heavy atom. The van der Waals surface area contributed by atoms with Crippen molar-refractivity contribution in [2.45, 2.75) is 0 Å². The van der Waals surface area contributed by atoms with Gasteiger partial charge in [-0.3, -0.25) is 0 Å². The third-order valence-electron chi connectivity index (χ3n) is 2.32. The van der Waals surface area contributed by atoms with Gasteiger partial charge < -0.3 is 13.6 Å². The average Bonchev–Trinajstić information content (AvgIpc) is 2.68. The summed E-state index contributed by atoms with van der Waals surface area (Å²) < 4.78 is 27.9. The average molecular weight is 283 g/mol. The van der Waals surface area contributed by atoms with Crippen molar-refractivity contribution in [2.75, 3.05) is 0 Å². The summed E-state index contributed by atoms with van der Waals surface area (Å²) in [6.45, 7) is 0. The van der Waals surface area contributed by atoms with Crippen LogP contribution in [-0.4, -0.2) is 0 Å². The molecule has 0 radical (unpaired) electrons. The molecule has 0 aromatic heterocycles. The first kappa shape index (κ1) is 11.5. The van der Waals surface area contributed by atoms with Crippen molar-refractivity contribution in [1.29, 1.82) is 0 Å². The quantitative estimate of drug-likeness (QED) is 0.770. The monoisotopic (exact) mass is 282 g/mol. The molecule has 1 heterocycles. The van der Waals surface area contributed by atoms with Gasteiger partial charge in [-0.2, -0.15) is 4.57 Å². The van der Waals surface area contributed by atoms with Gasteiger partial charge in [-0.15, -0.1) is 0 Å². The molecule has 6 heteroatoms. The minimum atomic E-state index is -3.69. The van der Waals surface area contributed by atoms with Crippen LogP contribution in [0.5, 0.6) is 17.2 Å². The van der Waals surface area contributed by atoms with Gasteiger partial charge in [0, 0.05) is 0 Å². The van der Waals surface area contributed by atoms with Gasteiger partial charge >= 0.3 is 7.82 Å². The second-order valence-corrected chi connectivity index (χ2v) is 5.45. The van der Waals surface area contributed by atoms with E-state index in [1.165, 1.54) is 0 Å². The van der Waals surface area contributed by atoms with Crippen molar-refractivity contribution in [1.82, 2.24) is 0 Å². The zero-order valence-corrected chi connectivity index (χ0v) is 10.7. The molecule has 0 amide bonds. The number of fused-ring (bicyclic) bond motifs is 1. The number of halogens is 1. The van der Waals surface area contributed by atoms with Gasteiger partial charge in [0.05, 0.1) is 5.02 Å². The minimum absolute atomic E-state index is 0.260. The first-order chi connectivity index (χ1) is 8.66. The molecular weight excluding hydrogens is 275 g/mol. The smallest absolute Gasteiger partial charge is 0.384 e. The zero-order chi connectivity index (χ0) is 12.6. The Labute approximate surface area is 109 Å². The maximum absolute atomic E-state index is 12.3. The summed E-state index contributed by atoms with van der Waals surface area (Å²) in [7, 11) is -3.69. The standard InChI is InChI=1S/C12H8ClO4P/c13-9-5-1-2-6-10(9)15-18(14)16-11-7-3-4-8-12(11)17-18/h1-8H. The summed E-state index contributed by atoms with van der Waals surface area (Å²) in [5, 5.41) is 0.343. The molecule has 0 saturated carbocycles. The van der Waals surface area contributed by atoms with Crippen molar-refractivity contribution in [2.24, 2.45) is 0 Å². The van der Waals surface area contributed by atoms with Gasteiger partial charge in [0.15, 0.2) is 17.2 Å². The predicted molar refractivity (Wildman–Crippen MR) is 67.4 cm³/mol. The molecule has 0 fully saturated rings. The number of phosphoric ester groups is 1. The van der Waals surface area contributed by atoms with E-state index >= 15 is 0 Å². The fourth-order valence-electron chi connectivity index (χ4n) is 1.54. The molecule has 0 spiro atoms. The van der Waals surface area contributed by atoms with E-state index in [1.807, 2.05) is 0 Å². The van der Waals surface area contributed by atoms with Crippen LogP contribution >= 0.6 is 19.4 Å². The predicted octanol–water partition coefficient (Wildman–Crippen LogP) is 4.30. The molecule has 2 aromatic rings. The van der Waals surface area contributed by atoms with Crippen LogP contribution in [0.2, 0.25) is 5.02 Å². The van der Waals surface area contributed by atoms with E-state index in [0.717, 1.165) is 0 Å². The molecule has 3 rings (SSSR count). The second-order valence-electron chi connectivity index (χ2n) is 3.60. The van der Waals surface area contributed by atoms with Crippen LogP contribution in [0.25, 0.3) is 0 Å². The van der Waals surface area contributed by atoms with Crippen molar-refractivity contribution in [3.8, 4) is 17.2 Å². The highest BCUT2D eigenvalue weighted by Crippen LogP contribution is 2.58. The SMILES string of the molecule is O=P1(Oc2ccccc2Cl)Oc2ccccc2O1. The van der Waals surface area contributed by atoms with Crippen molar-refractivity contribution in [3.63, 3.8) is 0 Å². The van der Waals surface area contributed by atoms with Gasteiger partial charge in [0.2, 0.25) is 0 Å². The molecule has 0 N–H and O–H groups in total.